The van der Waals surface area contributed by atoms with Crippen molar-refractivity contribution >= 4 is 29.0 Å². The molecule has 2 rings (SSSR count). The average molecular weight is 252 g/mol. The second-order valence-corrected chi connectivity index (χ2v) is 3.79. The van der Waals surface area contributed by atoms with Gasteiger partial charge in [-0.2, -0.15) is 9.90 Å². The standard InChI is InChI=1S/C10H10ClN5O/c11-7-1-3-8(4-2-7)14-10(17)6-16-13-5-9(12)15-16/h1-5H,6H2,(H2,12,15)(H,14,17). The molecule has 2 aromatic rings. The Labute approximate surface area is 102 Å². The number of carbonyl (C=O) groups is 1. The second kappa shape index (κ2) is 4.84. The second-order valence-electron chi connectivity index (χ2n) is 3.35. The van der Waals surface area contributed by atoms with E-state index in [9.17, 15) is 4.79 Å². The third-order valence-electron chi connectivity index (χ3n) is 1.97. The van der Waals surface area contributed by atoms with Crippen LogP contribution >= 0.6 is 11.6 Å². The predicted octanol–water partition coefficient (Wildman–Crippen LogP) is 1.15. The van der Waals surface area contributed by atoms with Crippen LogP contribution in [0.2, 0.25) is 5.02 Å². The number of hydrogen-bond donors (Lipinski definition) is 2. The predicted molar refractivity (Wildman–Crippen MR) is 64.5 cm³/mol. The first-order chi connectivity index (χ1) is 8.13. The maximum absolute atomic E-state index is 11.6. The van der Waals surface area contributed by atoms with Crippen molar-refractivity contribution in [3.63, 3.8) is 0 Å². The molecule has 0 bridgehead atoms. The number of halogens is 1. The van der Waals surface area contributed by atoms with E-state index in [4.69, 9.17) is 17.3 Å². The minimum absolute atomic E-state index is 0.0137. The molecule has 3 N–H and O–H groups in total. The molecule has 17 heavy (non-hydrogen) atoms. The molecule has 88 valence electrons. The van der Waals surface area contributed by atoms with Crippen LogP contribution < -0.4 is 11.1 Å². The van der Waals surface area contributed by atoms with Crippen molar-refractivity contribution in [2.24, 2.45) is 0 Å². The topological polar surface area (TPSA) is 85.8 Å². The summed E-state index contributed by atoms with van der Waals surface area (Å²) in [6.45, 7) is 0.0137. The number of hydrogen-bond acceptors (Lipinski definition) is 4. The molecular formula is C10H10ClN5O. The van der Waals surface area contributed by atoms with Crippen molar-refractivity contribution in [3.05, 3.63) is 35.5 Å². The molecule has 0 aliphatic rings. The molecule has 7 heteroatoms. The zero-order valence-corrected chi connectivity index (χ0v) is 9.55. The van der Waals surface area contributed by atoms with E-state index in [0.29, 0.717) is 10.7 Å². The Hall–Kier alpha value is -2.08. The normalized spacial score (nSPS) is 10.2. The fraction of sp³-hybridized carbons (Fsp3) is 0.100. The van der Waals surface area contributed by atoms with E-state index in [1.807, 2.05) is 0 Å². The molecule has 0 saturated carbocycles. The monoisotopic (exact) mass is 251 g/mol. The first-order valence-corrected chi connectivity index (χ1v) is 5.22. The summed E-state index contributed by atoms with van der Waals surface area (Å²) in [7, 11) is 0. The van der Waals surface area contributed by atoms with Gasteiger partial charge in [0, 0.05) is 10.7 Å². The molecule has 1 aromatic heterocycles. The van der Waals surface area contributed by atoms with E-state index in [2.05, 4.69) is 15.5 Å². The highest BCUT2D eigenvalue weighted by atomic mass is 35.5. The molecule has 0 aliphatic carbocycles. The Morgan fingerprint density at radius 2 is 2.12 bits per heavy atom. The van der Waals surface area contributed by atoms with Crippen LogP contribution in [0.15, 0.2) is 30.5 Å². The molecule has 0 atom stereocenters. The van der Waals surface area contributed by atoms with Gasteiger partial charge in [-0.25, -0.2) is 0 Å². The number of nitrogens with zero attached hydrogens (tertiary/aromatic N) is 3. The molecule has 1 heterocycles. The third-order valence-corrected chi connectivity index (χ3v) is 2.22. The van der Waals surface area contributed by atoms with Crippen LogP contribution in [0.4, 0.5) is 11.5 Å². The zero-order chi connectivity index (χ0) is 12.3. The summed E-state index contributed by atoms with van der Waals surface area (Å²) in [5.41, 5.74) is 6.05. The van der Waals surface area contributed by atoms with Gasteiger partial charge in [0.15, 0.2) is 5.82 Å². The Bertz CT molecular complexity index is 522. The van der Waals surface area contributed by atoms with E-state index in [0.717, 1.165) is 0 Å². The van der Waals surface area contributed by atoms with Crippen molar-refractivity contribution in [1.29, 1.82) is 0 Å². The highest BCUT2D eigenvalue weighted by molar-refractivity contribution is 6.30. The summed E-state index contributed by atoms with van der Waals surface area (Å²) in [6, 6.07) is 6.82. The largest absolute Gasteiger partial charge is 0.381 e. The maximum atomic E-state index is 11.6. The van der Waals surface area contributed by atoms with Crippen LogP contribution in [-0.2, 0) is 11.3 Å². The summed E-state index contributed by atoms with van der Waals surface area (Å²) >= 11 is 5.73. The van der Waals surface area contributed by atoms with E-state index in [-0.39, 0.29) is 18.3 Å². The summed E-state index contributed by atoms with van der Waals surface area (Å²) in [6.07, 6.45) is 1.38. The third kappa shape index (κ3) is 3.18. The van der Waals surface area contributed by atoms with E-state index in [1.54, 1.807) is 24.3 Å². The van der Waals surface area contributed by atoms with Gasteiger partial charge in [-0.1, -0.05) is 11.6 Å². The lowest BCUT2D eigenvalue weighted by Crippen LogP contribution is -2.20. The lowest BCUT2D eigenvalue weighted by Gasteiger charge is -2.04. The number of benzene rings is 1. The number of nitrogen functional groups attached to an aromatic ring is 1. The molecule has 0 aliphatic heterocycles. The summed E-state index contributed by atoms with van der Waals surface area (Å²) in [5.74, 6) is 0.0483. The van der Waals surface area contributed by atoms with Crippen LogP contribution in [0.25, 0.3) is 0 Å². The smallest absolute Gasteiger partial charge is 0.247 e. The van der Waals surface area contributed by atoms with Crippen molar-refractivity contribution < 1.29 is 4.79 Å². The van der Waals surface area contributed by atoms with Gasteiger partial charge in [0.1, 0.15) is 6.54 Å². The fourth-order valence-electron chi connectivity index (χ4n) is 1.25. The Morgan fingerprint density at radius 3 is 2.71 bits per heavy atom. The lowest BCUT2D eigenvalue weighted by atomic mass is 10.3. The Morgan fingerprint density at radius 1 is 1.41 bits per heavy atom. The van der Waals surface area contributed by atoms with Gasteiger partial charge in [0.2, 0.25) is 5.91 Å². The maximum Gasteiger partial charge on any atom is 0.247 e. The van der Waals surface area contributed by atoms with Crippen molar-refractivity contribution in [2.75, 3.05) is 11.1 Å². The quantitative estimate of drug-likeness (QED) is 0.857. The summed E-state index contributed by atoms with van der Waals surface area (Å²) < 4.78 is 0. The SMILES string of the molecule is Nc1cnn(CC(=O)Nc2ccc(Cl)cc2)n1. The summed E-state index contributed by atoms with van der Waals surface area (Å²) in [4.78, 5) is 12.8. The number of nitrogens with two attached hydrogens (primary N) is 1. The number of anilines is 2. The molecule has 0 spiro atoms. The van der Waals surface area contributed by atoms with Gasteiger partial charge in [-0.15, -0.1) is 5.10 Å². The number of aromatic nitrogens is 3. The van der Waals surface area contributed by atoms with Gasteiger partial charge in [0.25, 0.3) is 0 Å². The van der Waals surface area contributed by atoms with E-state index in [1.165, 1.54) is 11.0 Å². The minimum atomic E-state index is -0.233. The van der Waals surface area contributed by atoms with Crippen LogP contribution in [-0.4, -0.2) is 20.9 Å². The molecule has 1 aromatic carbocycles. The van der Waals surface area contributed by atoms with E-state index >= 15 is 0 Å². The number of nitrogens with one attached hydrogen (secondary N) is 1. The van der Waals surface area contributed by atoms with Crippen LogP contribution in [0.1, 0.15) is 0 Å². The van der Waals surface area contributed by atoms with Gasteiger partial charge >= 0.3 is 0 Å². The van der Waals surface area contributed by atoms with Crippen LogP contribution in [0.3, 0.4) is 0 Å². The lowest BCUT2D eigenvalue weighted by molar-refractivity contribution is -0.117. The molecule has 6 nitrogen and oxygen atoms in total. The van der Waals surface area contributed by atoms with Crippen molar-refractivity contribution in [3.8, 4) is 0 Å². The molecule has 1 amide bonds. The zero-order valence-electron chi connectivity index (χ0n) is 8.80. The summed E-state index contributed by atoms with van der Waals surface area (Å²) in [5, 5.41) is 10.9. The molecule has 0 radical (unpaired) electrons. The highest BCUT2D eigenvalue weighted by Gasteiger charge is 2.05. The van der Waals surface area contributed by atoms with Gasteiger partial charge in [0.05, 0.1) is 6.20 Å². The number of amides is 1. The van der Waals surface area contributed by atoms with Crippen LogP contribution in [0.5, 0.6) is 0 Å². The van der Waals surface area contributed by atoms with Gasteiger partial charge < -0.3 is 11.1 Å². The highest BCUT2D eigenvalue weighted by Crippen LogP contribution is 2.13. The fourth-order valence-corrected chi connectivity index (χ4v) is 1.38. The Balaban J connectivity index is 1.95. The molecular weight excluding hydrogens is 242 g/mol. The van der Waals surface area contributed by atoms with Gasteiger partial charge in [-0.3, -0.25) is 4.79 Å². The Kier molecular flexibility index (Phi) is 3.24. The molecule has 0 saturated heterocycles. The number of carbonyl (C=O) groups excluding carboxylic acids is 1. The van der Waals surface area contributed by atoms with Crippen molar-refractivity contribution in [1.82, 2.24) is 15.0 Å². The van der Waals surface area contributed by atoms with E-state index < -0.39 is 0 Å². The van der Waals surface area contributed by atoms with Gasteiger partial charge in [-0.05, 0) is 24.3 Å². The molecule has 0 fully saturated rings. The average Bonchev–Trinajstić information content (AvgIpc) is 2.67. The minimum Gasteiger partial charge on any atom is -0.381 e. The molecule has 0 unspecified atom stereocenters. The van der Waals surface area contributed by atoms with Crippen molar-refractivity contribution in [2.45, 2.75) is 6.54 Å². The number of rotatable bonds is 3. The van der Waals surface area contributed by atoms with Crippen LogP contribution in [0, 0.1) is 0 Å². The first-order valence-electron chi connectivity index (χ1n) is 4.84. The first kappa shape index (κ1) is 11.4.